The van der Waals surface area contributed by atoms with Gasteiger partial charge in [0.05, 0.1) is 21.2 Å². The highest BCUT2D eigenvalue weighted by atomic mass is 32.2. The molecular weight excluding hydrogens is 418 g/mol. The molecule has 154 valence electrons. The number of carbonyl (C=O) groups is 1. The number of piperidine rings is 1. The van der Waals surface area contributed by atoms with Gasteiger partial charge in [0, 0.05) is 19.5 Å². The molecule has 1 aliphatic heterocycles. The molecule has 1 fully saturated rings. The standard InChI is InChI=1S/C22H21N3O3S2/c23-15-18(22-24-19-6-2-3-7-21(19)29-22)20(26)14-16-8-10-17(11-9-16)30(27,28)25-12-4-1-5-13-25/h2-3,6-11,18H,1,4-5,12-14H2. The van der Waals surface area contributed by atoms with E-state index < -0.39 is 15.9 Å². The van der Waals surface area contributed by atoms with E-state index >= 15 is 0 Å². The second-order valence-electron chi connectivity index (χ2n) is 7.33. The number of rotatable bonds is 6. The van der Waals surface area contributed by atoms with Crippen LogP contribution in [0.4, 0.5) is 0 Å². The highest BCUT2D eigenvalue weighted by Crippen LogP contribution is 2.29. The average molecular weight is 440 g/mol. The van der Waals surface area contributed by atoms with Gasteiger partial charge in [0.15, 0.2) is 11.7 Å². The van der Waals surface area contributed by atoms with Crippen LogP contribution in [0.15, 0.2) is 53.4 Å². The molecule has 0 radical (unpaired) electrons. The Labute approximate surface area is 179 Å². The second-order valence-corrected chi connectivity index (χ2v) is 10.3. The van der Waals surface area contributed by atoms with Crippen LogP contribution in [-0.2, 0) is 21.2 Å². The van der Waals surface area contributed by atoms with Crippen molar-refractivity contribution in [2.24, 2.45) is 0 Å². The van der Waals surface area contributed by atoms with Gasteiger partial charge in [0.2, 0.25) is 10.0 Å². The number of fused-ring (bicyclic) bond motifs is 1. The maximum Gasteiger partial charge on any atom is 0.243 e. The molecule has 2 aromatic carbocycles. The van der Waals surface area contributed by atoms with Gasteiger partial charge in [0.25, 0.3) is 0 Å². The van der Waals surface area contributed by atoms with E-state index in [0.717, 1.165) is 29.5 Å². The third-order valence-corrected chi connectivity index (χ3v) is 8.28. The fourth-order valence-corrected chi connectivity index (χ4v) is 6.17. The average Bonchev–Trinajstić information content (AvgIpc) is 3.19. The number of hydrogen-bond acceptors (Lipinski definition) is 6. The van der Waals surface area contributed by atoms with Crippen molar-refractivity contribution in [1.29, 1.82) is 5.26 Å². The number of aromatic nitrogens is 1. The summed E-state index contributed by atoms with van der Waals surface area (Å²) in [6.07, 6.45) is 2.88. The molecule has 3 aromatic rings. The van der Waals surface area contributed by atoms with E-state index in [1.54, 1.807) is 24.3 Å². The molecular formula is C22H21N3O3S2. The van der Waals surface area contributed by atoms with Gasteiger partial charge in [-0.1, -0.05) is 30.7 Å². The quantitative estimate of drug-likeness (QED) is 0.581. The monoisotopic (exact) mass is 439 g/mol. The summed E-state index contributed by atoms with van der Waals surface area (Å²) in [6.45, 7) is 1.10. The molecule has 0 bridgehead atoms. The number of nitrogens with zero attached hydrogens (tertiary/aromatic N) is 3. The van der Waals surface area contributed by atoms with Gasteiger partial charge in [-0.15, -0.1) is 11.3 Å². The van der Waals surface area contributed by atoms with Crippen LogP contribution in [0.5, 0.6) is 0 Å². The highest BCUT2D eigenvalue weighted by molar-refractivity contribution is 7.89. The van der Waals surface area contributed by atoms with E-state index in [9.17, 15) is 18.5 Å². The Bertz CT molecular complexity index is 1170. The Hall–Kier alpha value is -2.60. The summed E-state index contributed by atoms with van der Waals surface area (Å²) in [4.78, 5) is 17.4. The Morgan fingerprint density at radius 2 is 1.80 bits per heavy atom. The normalized spacial score (nSPS) is 16.2. The van der Waals surface area contributed by atoms with Gasteiger partial charge in [-0.25, -0.2) is 13.4 Å². The summed E-state index contributed by atoms with van der Waals surface area (Å²) >= 11 is 1.35. The molecule has 1 aliphatic rings. The first-order valence-corrected chi connectivity index (χ1v) is 12.1. The van der Waals surface area contributed by atoms with E-state index in [4.69, 9.17) is 0 Å². The first-order chi connectivity index (χ1) is 14.5. The summed E-state index contributed by atoms with van der Waals surface area (Å²) in [6, 6.07) is 16.0. The molecule has 1 unspecified atom stereocenters. The molecule has 2 heterocycles. The molecule has 30 heavy (non-hydrogen) atoms. The zero-order valence-electron chi connectivity index (χ0n) is 16.3. The zero-order valence-corrected chi connectivity index (χ0v) is 18.0. The number of sulfonamides is 1. The van der Waals surface area contributed by atoms with E-state index in [-0.39, 0.29) is 17.1 Å². The third kappa shape index (κ3) is 4.15. The fourth-order valence-electron chi connectivity index (χ4n) is 3.62. The molecule has 1 saturated heterocycles. The largest absolute Gasteiger partial charge is 0.297 e. The molecule has 0 amide bonds. The lowest BCUT2D eigenvalue weighted by atomic mass is 9.99. The van der Waals surface area contributed by atoms with Crippen LogP contribution in [0.1, 0.15) is 35.8 Å². The van der Waals surface area contributed by atoms with Crippen LogP contribution < -0.4 is 0 Å². The molecule has 4 rings (SSSR count). The van der Waals surface area contributed by atoms with Crippen molar-refractivity contribution >= 4 is 37.4 Å². The summed E-state index contributed by atoms with van der Waals surface area (Å²) < 4.78 is 28.0. The molecule has 0 saturated carbocycles. The van der Waals surface area contributed by atoms with Crippen molar-refractivity contribution in [1.82, 2.24) is 9.29 Å². The smallest absolute Gasteiger partial charge is 0.243 e. The van der Waals surface area contributed by atoms with Crippen molar-refractivity contribution in [3.63, 3.8) is 0 Å². The molecule has 0 aliphatic carbocycles. The highest BCUT2D eigenvalue weighted by Gasteiger charge is 2.27. The van der Waals surface area contributed by atoms with Crippen molar-refractivity contribution in [3.05, 3.63) is 59.1 Å². The lowest BCUT2D eigenvalue weighted by Gasteiger charge is -2.25. The van der Waals surface area contributed by atoms with Gasteiger partial charge in [-0.2, -0.15) is 9.57 Å². The van der Waals surface area contributed by atoms with Gasteiger partial charge < -0.3 is 0 Å². The van der Waals surface area contributed by atoms with E-state index in [1.807, 2.05) is 24.3 Å². The Morgan fingerprint density at radius 3 is 2.47 bits per heavy atom. The topological polar surface area (TPSA) is 91.1 Å². The fraction of sp³-hybridized carbons (Fsp3) is 0.318. The number of nitriles is 1. The predicted octanol–water partition coefficient (Wildman–Crippen LogP) is 3.89. The molecule has 0 N–H and O–H groups in total. The van der Waals surface area contributed by atoms with Gasteiger partial charge in [0.1, 0.15) is 5.01 Å². The Morgan fingerprint density at radius 1 is 1.10 bits per heavy atom. The maximum atomic E-state index is 12.8. The minimum absolute atomic E-state index is 0.0538. The maximum absolute atomic E-state index is 12.8. The van der Waals surface area contributed by atoms with Crippen LogP contribution in [-0.4, -0.2) is 36.6 Å². The number of para-hydroxylation sites is 1. The molecule has 8 heteroatoms. The van der Waals surface area contributed by atoms with Gasteiger partial charge in [-0.3, -0.25) is 4.79 Å². The Kier molecular flexibility index (Phi) is 5.95. The van der Waals surface area contributed by atoms with Crippen molar-refractivity contribution in [2.45, 2.75) is 36.5 Å². The van der Waals surface area contributed by atoms with E-state index in [0.29, 0.717) is 23.7 Å². The molecule has 1 atom stereocenters. The minimum Gasteiger partial charge on any atom is -0.297 e. The number of hydrogen-bond donors (Lipinski definition) is 0. The van der Waals surface area contributed by atoms with E-state index in [2.05, 4.69) is 11.1 Å². The summed E-state index contributed by atoms with van der Waals surface area (Å²) in [7, 11) is -3.50. The van der Waals surface area contributed by atoms with Crippen LogP contribution in [0.25, 0.3) is 10.2 Å². The third-order valence-electron chi connectivity index (χ3n) is 5.26. The van der Waals surface area contributed by atoms with Crippen LogP contribution in [0.2, 0.25) is 0 Å². The number of thiazole rings is 1. The summed E-state index contributed by atoms with van der Waals surface area (Å²) in [5.41, 5.74) is 1.46. The predicted molar refractivity (Wildman–Crippen MR) is 116 cm³/mol. The summed E-state index contributed by atoms with van der Waals surface area (Å²) in [5.74, 6) is -1.18. The second kappa shape index (κ2) is 8.64. The van der Waals surface area contributed by atoms with Crippen LogP contribution in [0.3, 0.4) is 0 Å². The van der Waals surface area contributed by atoms with Crippen molar-refractivity contribution < 1.29 is 13.2 Å². The number of carbonyl (C=O) groups excluding carboxylic acids is 1. The van der Waals surface area contributed by atoms with E-state index in [1.165, 1.54) is 15.6 Å². The minimum atomic E-state index is -3.50. The SMILES string of the molecule is N#CC(C(=O)Cc1ccc(S(=O)(=O)N2CCCCC2)cc1)c1nc2ccccc2s1. The number of Topliss-reactive ketones (excluding diaryl/α,β-unsaturated/α-hetero) is 1. The first kappa shape index (κ1) is 20.7. The van der Waals surface area contributed by atoms with Crippen molar-refractivity contribution in [3.8, 4) is 6.07 Å². The lowest BCUT2D eigenvalue weighted by Crippen LogP contribution is -2.35. The van der Waals surface area contributed by atoms with Crippen molar-refractivity contribution in [2.75, 3.05) is 13.1 Å². The van der Waals surface area contributed by atoms with Gasteiger partial charge in [-0.05, 0) is 42.7 Å². The Balaban J connectivity index is 1.49. The van der Waals surface area contributed by atoms with Gasteiger partial charge >= 0.3 is 0 Å². The lowest BCUT2D eigenvalue weighted by molar-refractivity contribution is -0.118. The molecule has 1 aromatic heterocycles. The molecule has 0 spiro atoms. The first-order valence-electron chi connectivity index (χ1n) is 9.86. The molecule has 6 nitrogen and oxygen atoms in total. The van der Waals surface area contributed by atoms with Crippen LogP contribution >= 0.6 is 11.3 Å². The van der Waals surface area contributed by atoms with Crippen LogP contribution in [0, 0.1) is 11.3 Å². The number of benzene rings is 2. The summed E-state index contributed by atoms with van der Waals surface area (Å²) in [5, 5.41) is 10.1. The number of ketones is 1. The zero-order chi connectivity index (χ0) is 21.1.